The van der Waals surface area contributed by atoms with Gasteiger partial charge in [-0.05, 0) is 123 Å². The van der Waals surface area contributed by atoms with E-state index in [2.05, 4.69) is 59.5 Å². The Morgan fingerprint density at radius 2 is 0.375 bits per heavy atom. The average Bonchev–Trinajstić information content (AvgIpc) is 0.921. The Balaban J connectivity index is -0.000000205. The van der Waals surface area contributed by atoms with E-state index in [9.17, 15) is 39.6 Å². The first-order chi connectivity index (χ1) is 54.6. The molecule has 0 amide bonds. The molecular formula is C72H84Cl4N16Ni4O24+4. The first-order valence-corrected chi connectivity index (χ1v) is 38.1. The second-order valence-electron chi connectivity index (χ2n) is 21.6. The molecule has 8 heterocycles. The zero-order valence-electron chi connectivity index (χ0n) is 64.3. The summed E-state index contributed by atoms with van der Waals surface area (Å²) >= 11 is 0. The van der Waals surface area contributed by atoms with E-state index in [1.807, 2.05) is 146 Å². The molecule has 8 aromatic rings. The van der Waals surface area contributed by atoms with Gasteiger partial charge in [0.25, 0.3) is 0 Å². The summed E-state index contributed by atoms with van der Waals surface area (Å²) in [5.74, 6) is -4.12. The van der Waals surface area contributed by atoms with E-state index in [0.29, 0.717) is 52.4 Å². The molecule has 120 heavy (non-hydrogen) atoms. The smallest absolute Gasteiger partial charge is 0.550 e. The molecular weight excluding hydrogens is 1850 g/mol. The molecule has 0 atom stereocenters. The van der Waals surface area contributed by atoms with Gasteiger partial charge in [0.15, 0.2) is 0 Å². The van der Waals surface area contributed by atoms with Crippen LogP contribution in [-0.2, 0) is 137 Å². The summed E-state index contributed by atoms with van der Waals surface area (Å²) in [6.07, 6.45) is 17.2. The van der Waals surface area contributed by atoms with Gasteiger partial charge in [-0.3, -0.25) is 59.5 Å². The molecule has 4 radical (unpaired) electrons. The largest absolute Gasteiger partial charge is 3.00 e. The third kappa shape index (κ3) is 104. The van der Waals surface area contributed by atoms with Gasteiger partial charge in [0.05, 0.1) is 47.1 Å². The van der Waals surface area contributed by atoms with Gasteiger partial charge in [-0.15, -0.1) is 41.0 Å². The van der Waals surface area contributed by atoms with E-state index in [-0.39, 0.29) is 91.6 Å². The van der Waals surface area contributed by atoms with Crippen molar-refractivity contribution in [3.8, 4) is 24.3 Å². The van der Waals surface area contributed by atoms with E-state index >= 15 is 0 Å². The number of pyridine rings is 8. The standard InChI is InChI=1S/4C16H19N3O2.4C2H3N.4ClHO4.4Ni/c4*20-16(21)8-12-19(13-15-6-2-4-10-18-15)11-7-14-5-1-3-9-17-14;4*1-2-3;4*2-1(3,4)5;;;;/h4*1-6,9-10H,7-8,11-13H2,(H,20,21);4*1H3;4*(H,2,3,4,5);;;;/q;;;;;;;;;;;;4*+3/p-8. The van der Waals surface area contributed by atoms with Gasteiger partial charge in [0.2, 0.25) is 0 Å². The van der Waals surface area contributed by atoms with Crippen molar-refractivity contribution in [1.82, 2.24) is 59.5 Å². The summed E-state index contributed by atoms with van der Waals surface area (Å²) in [6.45, 7) is 13.0. The molecule has 0 aromatic carbocycles. The van der Waals surface area contributed by atoms with Crippen molar-refractivity contribution < 1.29 is 221 Å². The van der Waals surface area contributed by atoms with Crippen LogP contribution in [-0.4, -0.2) is 136 Å². The van der Waals surface area contributed by atoms with Crippen LogP contribution in [0.1, 0.15) is 98.9 Å². The number of carboxylic acids is 4. The van der Waals surface area contributed by atoms with Gasteiger partial charge in [-0.2, -0.15) is 21.0 Å². The van der Waals surface area contributed by atoms with Gasteiger partial charge in [-0.25, -0.2) is 74.5 Å². The molecule has 8 rings (SSSR count). The average molecular weight is 1930 g/mol. The number of rotatable bonds is 32. The third-order valence-electron chi connectivity index (χ3n) is 12.6. The van der Waals surface area contributed by atoms with Crippen LogP contribution >= 0.6 is 0 Å². The summed E-state index contributed by atoms with van der Waals surface area (Å²) in [5.41, 5.74) is 7.70. The molecule has 0 aliphatic carbocycles. The van der Waals surface area contributed by atoms with Gasteiger partial charge in [0, 0.05) is 228 Å². The van der Waals surface area contributed by atoms with Crippen LogP contribution in [0.3, 0.4) is 0 Å². The molecule has 0 fully saturated rings. The normalized spacial score (nSPS) is 9.77. The molecule has 0 saturated carbocycles. The fourth-order valence-corrected chi connectivity index (χ4v) is 8.23. The molecule has 40 nitrogen and oxygen atoms in total. The van der Waals surface area contributed by atoms with Crippen LogP contribution in [0.2, 0.25) is 0 Å². The maximum absolute atomic E-state index is 10.7. The van der Waals surface area contributed by atoms with Crippen molar-refractivity contribution in [2.75, 3.05) is 52.4 Å². The van der Waals surface area contributed by atoms with Gasteiger partial charge >= 0.3 is 66.0 Å². The molecule has 0 unspecified atom stereocenters. The number of aromatic nitrogens is 8. The number of aliphatic carboxylic acids is 4. The number of carbonyl (C=O) groups excluding carboxylic acids is 4. The molecule has 0 saturated heterocycles. The number of nitriles is 4. The molecule has 0 spiro atoms. The van der Waals surface area contributed by atoms with E-state index in [0.717, 1.165) is 97.4 Å². The number of hydrogen-bond acceptors (Lipinski definition) is 40. The Morgan fingerprint density at radius 1 is 0.258 bits per heavy atom. The summed E-state index contributed by atoms with van der Waals surface area (Å²) in [4.78, 5) is 85.2. The van der Waals surface area contributed by atoms with Crippen LogP contribution in [0, 0.1) is 86.3 Å². The molecule has 660 valence electrons. The van der Waals surface area contributed by atoms with Crippen molar-refractivity contribution in [2.24, 2.45) is 0 Å². The third-order valence-corrected chi connectivity index (χ3v) is 12.6. The van der Waals surface area contributed by atoms with Crippen LogP contribution in [0.25, 0.3) is 0 Å². The van der Waals surface area contributed by atoms with E-state index in [1.54, 1.807) is 73.9 Å². The van der Waals surface area contributed by atoms with Crippen LogP contribution in [0.15, 0.2) is 195 Å². The minimum absolute atomic E-state index is 0. The molecule has 8 aromatic heterocycles. The Bertz CT molecular complexity index is 3400. The monoisotopic (exact) mass is 1930 g/mol. The molecule has 0 aliphatic heterocycles. The Morgan fingerprint density at radius 3 is 0.475 bits per heavy atom. The van der Waals surface area contributed by atoms with Crippen LogP contribution in [0.5, 0.6) is 0 Å². The quantitative estimate of drug-likeness (QED) is 0.0353. The number of hydrogen-bond donors (Lipinski definition) is 0. The van der Waals surface area contributed by atoms with Crippen LogP contribution in [0.4, 0.5) is 0 Å². The Kier molecular flexibility index (Phi) is 86.1. The van der Waals surface area contributed by atoms with Gasteiger partial charge < -0.3 is 39.6 Å². The summed E-state index contributed by atoms with van der Waals surface area (Å²) in [7, 11) is -19.8. The van der Waals surface area contributed by atoms with Gasteiger partial charge in [0.1, 0.15) is 0 Å². The van der Waals surface area contributed by atoms with Gasteiger partial charge in [-0.1, -0.05) is 48.5 Å². The van der Waals surface area contributed by atoms with E-state index in [4.69, 9.17) is 95.6 Å². The zero-order valence-corrected chi connectivity index (χ0v) is 71.3. The summed E-state index contributed by atoms with van der Waals surface area (Å²) in [5, 5.41) is 71.9. The Hall–Kier alpha value is -8.63. The second-order valence-corrected chi connectivity index (χ2v) is 24.6. The molecule has 0 N–H and O–H groups in total. The maximum Gasteiger partial charge on any atom is 3.00 e. The van der Waals surface area contributed by atoms with Crippen molar-refractivity contribution in [3.05, 3.63) is 241 Å². The molecule has 48 heteroatoms. The molecule has 0 bridgehead atoms. The number of carboxylic acid groups (broad SMARTS) is 4. The van der Waals surface area contributed by atoms with Crippen molar-refractivity contribution in [2.45, 2.75) is 105 Å². The van der Waals surface area contributed by atoms with Crippen molar-refractivity contribution >= 4 is 23.9 Å². The van der Waals surface area contributed by atoms with Crippen LogP contribution < -0.4 is 95.0 Å². The minimum atomic E-state index is -4.94. The second kappa shape index (κ2) is 81.4. The first kappa shape index (κ1) is 127. The van der Waals surface area contributed by atoms with E-state index < -0.39 is 64.8 Å². The SMILES string of the molecule is CC#N.CC#N.CC#N.CC#N.O=C([O-])CCN(CCc1ccccn1)Cc1ccccn1.O=C([O-])CCN(CCc1ccccn1)Cc1ccccn1.O=C([O-])CCN(CCc1ccccn1)Cc1ccccn1.O=C([O-])CCN(CCc1ccccn1)Cc1ccccn1.[Ni+3].[Ni+3].[Ni+3].[Ni+3].[O-][Cl+3]([O-])([O-])[O-].[O-][Cl+3]([O-])([O-])[O-].[O-][Cl+3]([O-])([O-])[O-].[O-][Cl+3]([O-])([O-])[O-]. The summed E-state index contributed by atoms with van der Waals surface area (Å²) in [6, 6.07) is 53.1. The zero-order chi connectivity index (χ0) is 88.5. The van der Waals surface area contributed by atoms with Crippen molar-refractivity contribution in [1.29, 1.82) is 21.0 Å². The number of nitrogens with zero attached hydrogens (tertiary/aromatic N) is 16. The predicted octanol–water partition coefficient (Wildman–Crippen LogP) is -14.3. The summed E-state index contributed by atoms with van der Waals surface area (Å²) < 4.78 is 136. The topological polar surface area (TPSA) is 741 Å². The predicted molar refractivity (Wildman–Crippen MR) is 353 cm³/mol. The first-order valence-electron chi connectivity index (χ1n) is 33.2. The number of halogens is 4. The Labute approximate surface area is 743 Å². The number of carbonyl (C=O) groups is 4. The van der Waals surface area contributed by atoms with E-state index in [1.165, 1.54) is 27.7 Å². The minimum Gasteiger partial charge on any atom is -0.550 e. The fourth-order valence-electron chi connectivity index (χ4n) is 8.23. The fraction of sp³-hybridized carbons (Fsp3) is 0.333. The molecule has 0 aliphatic rings. The van der Waals surface area contributed by atoms with Crippen molar-refractivity contribution in [3.63, 3.8) is 0 Å². The maximum atomic E-state index is 10.7.